The van der Waals surface area contributed by atoms with Crippen LogP contribution in [0, 0.1) is 5.41 Å². The van der Waals surface area contributed by atoms with Gasteiger partial charge in [-0.3, -0.25) is 0 Å². The van der Waals surface area contributed by atoms with Gasteiger partial charge in [-0.15, -0.1) is 0 Å². The number of hydrogen-bond donors (Lipinski definition) is 4. The van der Waals surface area contributed by atoms with Gasteiger partial charge in [0.25, 0.3) is 0 Å². The second-order valence-electron chi connectivity index (χ2n) is 6.76. The molecule has 0 aliphatic heterocycles. The molecule has 128 valence electrons. The molecule has 0 spiro atoms. The van der Waals surface area contributed by atoms with Gasteiger partial charge in [-0.2, -0.15) is 0 Å². The number of aromatic hydroxyl groups is 1. The largest absolute Gasteiger partial charge is 0.508 e. The van der Waals surface area contributed by atoms with E-state index in [4.69, 9.17) is 0 Å². The summed E-state index contributed by atoms with van der Waals surface area (Å²) in [6.45, 7) is 4.65. The molecule has 1 fully saturated rings. The molecule has 4 N–H and O–H groups in total. The lowest BCUT2D eigenvalue weighted by Gasteiger charge is -2.42. The summed E-state index contributed by atoms with van der Waals surface area (Å²) in [6, 6.07) is 5.70. The molecule has 1 aliphatic rings. The highest BCUT2D eigenvalue weighted by molar-refractivity contribution is 5.74. The van der Waals surface area contributed by atoms with Crippen LogP contribution in [0.3, 0.4) is 0 Å². The molecule has 1 aromatic rings. The van der Waals surface area contributed by atoms with Crippen molar-refractivity contribution >= 4 is 6.03 Å². The molecule has 0 heterocycles. The van der Waals surface area contributed by atoms with E-state index < -0.39 is 12.1 Å². The molecule has 0 radical (unpaired) electrons. The molecule has 1 saturated carbocycles. The van der Waals surface area contributed by atoms with Gasteiger partial charge >= 0.3 is 6.03 Å². The maximum atomic E-state index is 12.1. The zero-order chi connectivity index (χ0) is 16.9. The molecule has 5 heteroatoms. The first-order valence-corrected chi connectivity index (χ1v) is 8.47. The Bertz CT molecular complexity index is 512. The number of aliphatic hydroxyl groups is 1. The van der Waals surface area contributed by atoms with Crippen LogP contribution in [0.5, 0.6) is 5.75 Å². The number of rotatable bonds is 7. The molecular formula is C18H28N2O3. The van der Waals surface area contributed by atoms with E-state index in [-0.39, 0.29) is 17.2 Å². The lowest BCUT2D eigenvalue weighted by atomic mass is 9.66. The lowest BCUT2D eigenvalue weighted by molar-refractivity contribution is 0.114. The summed E-state index contributed by atoms with van der Waals surface area (Å²) < 4.78 is 0. The van der Waals surface area contributed by atoms with E-state index >= 15 is 0 Å². The molecule has 2 rings (SSSR count). The number of aliphatic hydroxyl groups excluding tert-OH is 1. The van der Waals surface area contributed by atoms with E-state index in [2.05, 4.69) is 17.6 Å². The van der Waals surface area contributed by atoms with Gasteiger partial charge in [0.2, 0.25) is 0 Å². The van der Waals surface area contributed by atoms with Crippen molar-refractivity contribution in [2.75, 3.05) is 6.54 Å². The highest BCUT2D eigenvalue weighted by Crippen LogP contribution is 2.44. The van der Waals surface area contributed by atoms with E-state index in [1.807, 2.05) is 0 Å². The summed E-state index contributed by atoms with van der Waals surface area (Å²) in [7, 11) is 0. The third-order valence-corrected chi connectivity index (χ3v) is 4.89. The number of phenolic OH excluding ortho intramolecular Hbond substituents is 1. The number of hydrogen-bond acceptors (Lipinski definition) is 3. The molecule has 2 atom stereocenters. The van der Waals surface area contributed by atoms with Gasteiger partial charge in [-0.25, -0.2) is 4.79 Å². The first-order valence-electron chi connectivity index (χ1n) is 8.47. The van der Waals surface area contributed by atoms with Gasteiger partial charge in [0.15, 0.2) is 0 Å². The molecule has 0 unspecified atom stereocenters. The summed E-state index contributed by atoms with van der Waals surface area (Å²) in [5.41, 5.74) is 0.947. The maximum absolute atomic E-state index is 12.1. The normalized spacial score (nSPS) is 18.6. The van der Waals surface area contributed by atoms with Gasteiger partial charge in [-0.1, -0.05) is 31.9 Å². The minimum Gasteiger partial charge on any atom is -0.508 e. The smallest absolute Gasteiger partial charge is 0.315 e. The summed E-state index contributed by atoms with van der Waals surface area (Å²) >= 11 is 0. The van der Waals surface area contributed by atoms with Gasteiger partial charge in [0, 0.05) is 6.54 Å². The minimum atomic E-state index is -0.811. The van der Waals surface area contributed by atoms with Crippen LogP contribution in [0.1, 0.15) is 57.6 Å². The van der Waals surface area contributed by atoms with Crippen LogP contribution in [0.4, 0.5) is 4.79 Å². The summed E-state index contributed by atoms with van der Waals surface area (Å²) in [5.74, 6) is 0.154. The topological polar surface area (TPSA) is 81.6 Å². The maximum Gasteiger partial charge on any atom is 0.315 e. The van der Waals surface area contributed by atoms with Crippen LogP contribution >= 0.6 is 0 Å². The van der Waals surface area contributed by atoms with E-state index in [9.17, 15) is 15.0 Å². The zero-order valence-electron chi connectivity index (χ0n) is 14.0. The minimum absolute atomic E-state index is 0.154. The van der Waals surface area contributed by atoms with Crippen molar-refractivity contribution in [2.45, 2.75) is 58.1 Å². The van der Waals surface area contributed by atoms with Crippen molar-refractivity contribution in [1.82, 2.24) is 10.6 Å². The molecule has 23 heavy (non-hydrogen) atoms. The van der Waals surface area contributed by atoms with Crippen molar-refractivity contribution < 1.29 is 15.0 Å². The fourth-order valence-corrected chi connectivity index (χ4v) is 3.29. The van der Waals surface area contributed by atoms with Crippen LogP contribution in [0.25, 0.3) is 0 Å². The first kappa shape index (κ1) is 17.6. The Morgan fingerprint density at radius 2 is 1.96 bits per heavy atom. The highest BCUT2D eigenvalue weighted by Gasteiger charge is 2.36. The molecule has 2 amide bonds. The number of amides is 2. The SMILES string of the molecule is CCCC1(CNC(=O)N[C@H](C)[C@@H](O)c2ccc(O)cc2)CCC1. The average Bonchev–Trinajstić information content (AvgIpc) is 2.49. The van der Waals surface area contributed by atoms with Crippen LogP contribution < -0.4 is 10.6 Å². The third-order valence-electron chi connectivity index (χ3n) is 4.89. The highest BCUT2D eigenvalue weighted by atomic mass is 16.3. The van der Waals surface area contributed by atoms with E-state index in [1.165, 1.54) is 31.4 Å². The number of urea groups is 1. The Morgan fingerprint density at radius 1 is 1.30 bits per heavy atom. The van der Waals surface area contributed by atoms with Crippen molar-refractivity contribution in [3.8, 4) is 5.75 Å². The van der Waals surface area contributed by atoms with Crippen LogP contribution in [-0.4, -0.2) is 28.8 Å². The average molecular weight is 320 g/mol. The Hall–Kier alpha value is -1.75. The van der Waals surface area contributed by atoms with Crippen molar-refractivity contribution in [1.29, 1.82) is 0 Å². The van der Waals surface area contributed by atoms with Gasteiger partial charge in [0.1, 0.15) is 5.75 Å². The Labute approximate surface area is 138 Å². The summed E-state index contributed by atoms with van der Waals surface area (Å²) in [6.07, 6.45) is 5.10. The van der Waals surface area contributed by atoms with Crippen molar-refractivity contribution in [3.05, 3.63) is 29.8 Å². The van der Waals surface area contributed by atoms with Gasteiger partial charge in [0.05, 0.1) is 12.1 Å². The molecular weight excluding hydrogens is 292 g/mol. The number of phenols is 1. The van der Waals surface area contributed by atoms with Crippen LogP contribution in [0.15, 0.2) is 24.3 Å². The summed E-state index contributed by atoms with van der Waals surface area (Å²) in [5, 5.41) is 25.3. The van der Waals surface area contributed by atoms with Crippen molar-refractivity contribution in [2.24, 2.45) is 5.41 Å². The lowest BCUT2D eigenvalue weighted by Crippen LogP contribution is -2.48. The monoisotopic (exact) mass is 320 g/mol. The Morgan fingerprint density at radius 3 is 2.48 bits per heavy atom. The summed E-state index contributed by atoms with van der Waals surface area (Å²) in [4.78, 5) is 12.1. The molecule has 5 nitrogen and oxygen atoms in total. The number of carbonyl (C=O) groups is 1. The van der Waals surface area contributed by atoms with Crippen LogP contribution in [0.2, 0.25) is 0 Å². The molecule has 1 aromatic carbocycles. The van der Waals surface area contributed by atoms with Gasteiger partial charge < -0.3 is 20.8 Å². The second-order valence-corrected chi connectivity index (χ2v) is 6.76. The zero-order valence-corrected chi connectivity index (χ0v) is 14.0. The number of carbonyl (C=O) groups excluding carboxylic acids is 1. The standard InChI is InChI=1S/C18H28N2O3/c1-3-9-18(10-4-11-18)12-19-17(23)20-13(2)16(22)14-5-7-15(21)8-6-14/h5-8,13,16,21-22H,3-4,9-12H2,1-2H3,(H2,19,20,23)/t13-,16-/m1/s1. The Kier molecular flexibility index (Phi) is 5.88. The molecule has 0 saturated heterocycles. The van der Waals surface area contributed by atoms with Crippen molar-refractivity contribution in [3.63, 3.8) is 0 Å². The first-order chi connectivity index (χ1) is 11.0. The molecule has 0 aromatic heterocycles. The fourth-order valence-electron chi connectivity index (χ4n) is 3.29. The second kappa shape index (κ2) is 7.68. The number of nitrogens with one attached hydrogen (secondary N) is 2. The third kappa shape index (κ3) is 4.61. The van der Waals surface area contributed by atoms with E-state index in [0.717, 1.165) is 12.8 Å². The molecule has 0 bridgehead atoms. The predicted molar refractivity (Wildman–Crippen MR) is 90.3 cm³/mol. The quantitative estimate of drug-likeness (QED) is 0.623. The fraction of sp³-hybridized carbons (Fsp3) is 0.611. The van der Waals surface area contributed by atoms with Gasteiger partial charge in [-0.05, 0) is 49.3 Å². The van der Waals surface area contributed by atoms with E-state index in [0.29, 0.717) is 12.1 Å². The number of benzene rings is 1. The molecule has 1 aliphatic carbocycles. The predicted octanol–water partition coefficient (Wildman–Crippen LogP) is 3.08. The van der Waals surface area contributed by atoms with Crippen LogP contribution in [-0.2, 0) is 0 Å². The van der Waals surface area contributed by atoms with E-state index in [1.54, 1.807) is 19.1 Å². The Balaban J connectivity index is 1.81.